The van der Waals surface area contributed by atoms with Crippen LogP contribution in [0, 0.1) is 0 Å². The van der Waals surface area contributed by atoms with Crippen LogP contribution in [0.25, 0.3) is 16.9 Å². The van der Waals surface area contributed by atoms with Crippen LogP contribution >= 0.6 is 0 Å². The molecular weight excluding hydrogens is 392 g/mol. The molecule has 4 rings (SSSR count). The van der Waals surface area contributed by atoms with E-state index in [-0.39, 0.29) is 11.6 Å². The molecular formula is C23H22N6O2. The predicted octanol–water partition coefficient (Wildman–Crippen LogP) is 3.51. The third kappa shape index (κ3) is 4.53. The summed E-state index contributed by atoms with van der Waals surface area (Å²) in [5, 5.41) is 8.66. The molecule has 8 nitrogen and oxygen atoms in total. The molecule has 3 aromatic heterocycles. The number of para-hydroxylation sites is 1. The lowest BCUT2D eigenvalue weighted by Gasteiger charge is -2.11. The number of nitrogens with zero attached hydrogens (tertiary/aromatic N) is 3. The second-order valence-corrected chi connectivity index (χ2v) is 6.91. The first-order valence-electron chi connectivity index (χ1n) is 9.94. The summed E-state index contributed by atoms with van der Waals surface area (Å²) in [6.07, 6.45) is 7.36. The summed E-state index contributed by atoms with van der Waals surface area (Å²) < 4.78 is 1.36. The van der Waals surface area contributed by atoms with Gasteiger partial charge in [0.25, 0.3) is 5.56 Å². The molecule has 0 radical (unpaired) electrons. The normalized spacial score (nSPS) is 10.6. The van der Waals surface area contributed by atoms with Crippen molar-refractivity contribution in [3.63, 3.8) is 0 Å². The van der Waals surface area contributed by atoms with Gasteiger partial charge in [0.15, 0.2) is 5.82 Å². The number of hydrogen-bond donors (Lipinski definition) is 3. The Morgan fingerprint density at radius 2 is 2.00 bits per heavy atom. The first-order valence-corrected chi connectivity index (χ1v) is 9.94. The first kappa shape index (κ1) is 20.1. The van der Waals surface area contributed by atoms with E-state index in [4.69, 9.17) is 0 Å². The summed E-state index contributed by atoms with van der Waals surface area (Å²) in [6.45, 7) is 2.33. The molecule has 0 bridgehead atoms. The summed E-state index contributed by atoms with van der Waals surface area (Å²) in [4.78, 5) is 33.5. The van der Waals surface area contributed by atoms with Crippen LogP contribution in [-0.2, 0) is 13.0 Å². The van der Waals surface area contributed by atoms with Gasteiger partial charge in [0.1, 0.15) is 0 Å². The molecule has 0 aliphatic carbocycles. The Bertz CT molecular complexity index is 1250. The Morgan fingerprint density at radius 3 is 2.81 bits per heavy atom. The molecule has 0 unspecified atom stereocenters. The molecule has 156 valence electrons. The SMILES string of the molecule is CCc1ccccc1NC(=O)NCc1ccnc(-n2[nH]cc(-c3cccnc3)c2=O)c1. The van der Waals surface area contributed by atoms with Gasteiger partial charge in [-0.1, -0.05) is 31.2 Å². The molecule has 0 atom stereocenters. The minimum absolute atomic E-state index is 0.223. The van der Waals surface area contributed by atoms with Crippen molar-refractivity contribution in [3.05, 3.63) is 94.8 Å². The number of aryl methyl sites for hydroxylation is 1. The molecule has 2 amide bonds. The van der Waals surface area contributed by atoms with Crippen molar-refractivity contribution < 1.29 is 4.79 Å². The third-order valence-corrected chi connectivity index (χ3v) is 4.88. The van der Waals surface area contributed by atoms with E-state index in [1.54, 1.807) is 43.0 Å². The van der Waals surface area contributed by atoms with Crippen molar-refractivity contribution in [1.29, 1.82) is 0 Å². The second kappa shape index (κ2) is 9.08. The zero-order chi connectivity index (χ0) is 21.6. The Labute approximate surface area is 179 Å². The highest BCUT2D eigenvalue weighted by Crippen LogP contribution is 2.16. The Hall–Kier alpha value is -4.20. The maximum atomic E-state index is 12.8. The monoisotopic (exact) mass is 414 g/mol. The third-order valence-electron chi connectivity index (χ3n) is 4.88. The number of amides is 2. The predicted molar refractivity (Wildman–Crippen MR) is 119 cm³/mol. The molecule has 4 aromatic rings. The number of aromatic nitrogens is 4. The Balaban J connectivity index is 1.46. The van der Waals surface area contributed by atoms with E-state index in [9.17, 15) is 9.59 Å². The van der Waals surface area contributed by atoms with Crippen LogP contribution in [0.2, 0.25) is 0 Å². The topological polar surface area (TPSA) is 105 Å². The molecule has 3 heterocycles. The maximum Gasteiger partial charge on any atom is 0.319 e. The number of urea groups is 1. The average molecular weight is 414 g/mol. The second-order valence-electron chi connectivity index (χ2n) is 6.91. The smallest absolute Gasteiger partial charge is 0.319 e. The molecule has 0 spiro atoms. The average Bonchev–Trinajstić information content (AvgIpc) is 3.20. The van der Waals surface area contributed by atoms with E-state index >= 15 is 0 Å². The van der Waals surface area contributed by atoms with Crippen LogP contribution in [-0.4, -0.2) is 25.8 Å². The summed E-state index contributed by atoms with van der Waals surface area (Å²) >= 11 is 0. The number of H-pyrrole nitrogens is 1. The number of nitrogens with one attached hydrogen (secondary N) is 3. The molecule has 1 aromatic carbocycles. The Kier molecular flexibility index (Phi) is 5.89. The molecule has 31 heavy (non-hydrogen) atoms. The van der Waals surface area contributed by atoms with Crippen LogP contribution in [0.4, 0.5) is 10.5 Å². The summed E-state index contributed by atoms with van der Waals surface area (Å²) in [7, 11) is 0. The highest BCUT2D eigenvalue weighted by Gasteiger charge is 2.12. The maximum absolute atomic E-state index is 12.8. The number of pyridine rings is 2. The van der Waals surface area contributed by atoms with Gasteiger partial charge in [-0.25, -0.2) is 14.5 Å². The molecule has 3 N–H and O–H groups in total. The van der Waals surface area contributed by atoms with Gasteiger partial charge in [0, 0.05) is 42.6 Å². The van der Waals surface area contributed by atoms with Crippen molar-refractivity contribution in [2.45, 2.75) is 19.9 Å². The van der Waals surface area contributed by atoms with Gasteiger partial charge in [-0.15, -0.1) is 0 Å². The quantitative estimate of drug-likeness (QED) is 0.449. The standard InChI is InChI=1S/C23H22N6O2/c1-2-17-6-3-4-8-20(17)28-23(31)26-13-16-9-11-25-21(12-16)29-22(30)19(15-27-29)18-7-5-10-24-14-18/h3-12,14-15,27H,2,13H2,1H3,(H2,26,28,31). The molecule has 0 saturated carbocycles. The van der Waals surface area contributed by atoms with Gasteiger partial charge in [-0.05, 0) is 41.8 Å². The van der Waals surface area contributed by atoms with E-state index in [0.717, 1.165) is 28.8 Å². The molecule has 0 aliphatic rings. The van der Waals surface area contributed by atoms with E-state index in [0.29, 0.717) is 17.9 Å². The number of hydrogen-bond acceptors (Lipinski definition) is 4. The lowest BCUT2D eigenvalue weighted by atomic mass is 10.1. The van der Waals surface area contributed by atoms with E-state index in [1.165, 1.54) is 4.68 Å². The minimum Gasteiger partial charge on any atom is -0.334 e. The zero-order valence-corrected chi connectivity index (χ0v) is 17.0. The number of benzene rings is 1. The van der Waals surface area contributed by atoms with Gasteiger partial charge in [0.2, 0.25) is 0 Å². The number of anilines is 1. The largest absolute Gasteiger partial charge is 0.334 e. The van der Waals surface area contributed by atoms with Crippen LogP contribution in [0.15, 0.2) is 78.1 Å². The van der Waals surface area contributed by atoms with Gasteiger partial charge in [-0.3, -0.25) is 14.9 Å². The van der Waals surface area contributed by atoms with Crippen molar-refractivity contribution in [1.82, 2.24) is 25.1 Å². The van der Waals surface area contributed by atoms with E-state index < -0.39 is 0 Å². The van der Waals surface area contributed by atoms with E-state index in [2.05, 4.69) is 25.7 Å². The summed E-state index contributed by atoms with van der Waals surface area (Å²) in [6, 6.07) is 14.5. The highest BCUT2D eigenvalue weighted by molar-refractivity contribution is 5.90. The van der Waals surface area contributed by atoms with Crippen LogP contribution in [0.1, 0.15) is 18.1 Å². The highest BCUT2D eigenvalue weighted by atomic mass is 16.2. The summed E-state index contributed by atoms with van der Waals surface area (Å²) in [5.74, 6) is 0.441. The first-order chi connectivity index (χ1) is 15.2. The summed E-state index contributed by atoms with van der Waals surface area (Å²) in [5.41, 5.74) is 3.68. The molecule has 8 heteroatoms. The number of carbonyl (C=O) groups is 1. The van der Waals surface area contributed by atoms with Crippen LogP contribution in [0.3, 0.4) is 0 Å². The fourth-order valence-electron chi connectivity index (χ4n) is 3.26. The minimum atomic E-state index is -0.296. The fraction of sp³-hybridized carbons (Fsp3) is 0.130. The van der Waals surface area contributed by atoms with Gasteiger partial charge in [-0.2, -0.15) is 0 Å². The number of aromatic amines is 1. The van der Waals surface area contributed by atoms with Crippen molar-refractivity contribution in [3.8, 4) is 16.9 Å². The van der Waals surface area contributed by atoms with Gasteiger partial charge in [0.05, 0.1) is 5.56 Å². The van der Waals surface area contributed by atoms with Gasteiger partial charge < -0.3 is 10.6 Å². The molecule has 0 fully saturated rings. The van der Waals surface area contributed by atoms with Gasteiger partial charge >= 0.3 is 6.03 Å². The van der Waals surface area contributed by atoms with Crippen LogP contribution in [0.5, 0.6) is 0 Å². The van der Waals surface area contributed by atoms with E-state index in [1.807, 2.05) is 37.3 Å². The number of rotatable bonds is 6. The lowest BCUT2D eigenvalue weighted by Crippen LogP contribution is -2.28. The van der Waals surface area contributed by atoms with Crippen molar-refractivity contribution in [2.75, 3.05) is 5.32 Å². The fourth-order valence-corrected chi connectivity index (χ4v) is 3.26. The molecule has 0 saturated heterocycles. The zero-order valence-electron chi connectivity index (χ0n) is 17.0. The lowest BCUT2D eigenvalue weighted by molar-refractivity contribution is 0.251. The van der Waals surface area contributed by atoms with Crippen LogP contribution < -0.4 is 16.2 Å². The number of carbonyl (C=O) groups excluding carboxylic acids is 1. The van der Waals surface area contributed by atoms with Crippen molar-refractivity contribution >= 4 is 11.7 Å². The molecule has 0 aliphatic heterocycles. The van der Waals surface area contributed by atoms with Crippen molar-refractivity contribution in [2.24, 2.45) is 0 Å². The Morgan fingerprint density at radius 1 is 1.13 bits per heavy atom.